The fourth-order valence-electron chi connectivity index (χ4n) is 2.67. The fraction of sp³-hybridized carbons (Fsp3) is 0.467. The number of anilines is 1. The van der Waals surface area contributed by atoms with Crippen molar-refractivity contribution in [3.63, 3.8) is 0 Å². The molecule has 0 bridgehead atoms. The third kappa shape index (κ3) is 2.84. The molecule has 21 heavy (non-hydrogen) atoms. The van der Waals surface area contributed by atoms with Crippen molar-refractivity contribution in [3.8, 4) is 5.75 Å². The number of nitrogens with one attached hydrogen (secondary N) is 1. The molecule has 6 heteroatoms. The van der Waals surface area contributed by atoms with E-state index in [0.29, 0.717) is 12.3 Å². The van der Waals surface area contributed by atoms with E-state index >= 15 is 0 Å². The lowest BCUT2D eigenvalue weighted by molar-refractivity contribution is -0.140. The van der Waals surface area contributed by atoms with Crippen molar-refractivity contribution in [2.24, 2.45) is 17.3 Å². The number of aliphatic carboxylic acids is 1. The van der Waals surface area contributed by atoms with Gasteiger partial charge in [0.05, 0.1) is 24.1 Å². The Morgan fingerprint density at radius 3 is 2.57 bits per heavy atom. The van der Waals surface area contributed by atoms with Gasteiger partial charge in [0.15, 0.2) is 0 Å². The molecule has 0 heterocycles. The predicted molar refractivity (Wildman–Crippen MR) is 74.6 cm³/mol. The van der Waals surface area contributed by atoms with Gasteiger partial charge in [0.25, 0.3) is 0 Å². The van der Waals surface area contributed by atoms with E-state index in [2.05, 4.69) is 5.32 Å². The van der Waals surface area contributed by atoms with Crippen LogP contribution in [0.2, 0.25) is 0 Å². The first-order valence-corrected chi connectivity index (χ1v) is 6.75. The van der Waals surface area contributed by atoms with Crippen LogP contribution in [0, 0.1) is 23.1 Å². The Morgan fingerprint density at radius 1 is 1.38 bits per heavy atom. The first-order valence-electron chi connectivity index (χ1n) is 6.75. The standard InChI is InChI=1S/C15H18FNO4/c1-4-21-10-7-8(16)5-6-9(10)17-13(18)11-12(14(19)20)15(11,2)3/h5-7,11-12H,4H2,1-3H3,(H,17,18)(H,19,20)/t11-,12+/m1/s1. The Hall–Kier alpha value is -2.11. The molecule has 114 valence electrons. The van der Waals surface area contributed by atoms with Crippen LogP contribution in [-0.4, -0.2) is 23.6 Å². The van der Waals surface area contributed by atoms with Crippen molar-refractivity contribution in [2.75, 3.05) is 11.9 Å². The van der Waals surface area contributed by atoms with E-state index in [1.165, 1.54) is 18.2 Å². The third-order valence-electron chi connectivity index (χ3n) is 3.88. The predicted octanol–water partition coefficient (Wildman–Crippen LogP) is 2.52. The number of carbonyl (C=O) groups excluding carboxylic acids is 1. The Balaban J connectivity index is 2.16. The molecule has 2 N–H and O–H groups in total. The molecule has 0 saturated heterocycles. The molecule has 0 unspecified atom stereocenters. The molecule has 0 spiro atoms. The molecule has 0 aromatic heterocycles. The second-order valence-electron chi connectivity index (χ2n) is 5.68. The van der Waals surface area contributed by atoms with Gasteiger partial charge in [0.1, 0.15) is 11.6 Å². The minimum absolute atomic E-state index is 0.233. The molecule has 2 atom stereocenters. The number of carboxylic acids is 1. The molecule has 1 saturated carbocycles. The first-order chi connectivity index (χ1) is 9.78. The lowest BCUT2D eigenvalue weighted by Gasteiger charge is -2.12. The zero-order chi connectivity index (χ0) is 15.8. The van der Waals surface area contributed by atoms with Crippen LogP contribution < -0.4 is 10.1 Å². The molecule has 1 amide bonds. The van der Waals surface area contributed by atoms with Crippen LogP contribution in [0.25, 0.3) is 0 Å². The van der Waals surface area contributed by atoms with Crippen molar-refractivity contribution in [3.05, 3.63) is 24.0 Å². The number of hydrogen-bond donors (Lipinski definition) is 2. The summed E-state index contributed by atoms with van der Waals surface area (Å²) in [4.78, 5) is 23.3. The minimum Gasteiger partial charge on any atom is -0.492 e. The van der Waals surface area contributed by atoms with Crippen LogP contribution in [0.4, 0.5) is 10.1 Å². The molecule has 1 aromatic carbocycles. The van der Waals surface area contributed by atoms with Gasteiger partial charge in [-0.2, -0.15) is 0 Å². The third-order valence-corrected chi connectivity index (χ3v) is 3.88. The highest BCUT2D eigenvalue weighted by Gasteiger charge is 2.65. The second-order valence-corrected chi connectivity index (χ2v) is 5.68. The van der Waals surface area contributed by atoms with Gasteiger partial charge in [-0.3, -0.25) is 9.59 Å². The average molecular weight is 295 g/mol. The highest BCUT2D eigenvalue weighted by atomic mass is 19.1. The summed E-state index contributed by atoms with van der Waals surface area (Å²) in [5, 5.41) is 11.7. The van der Waals surface area contributed by atoms with E-state index in [0.717, 1.165) is 0 Å². The topological polar surface area (TPSA) is 75.6 Å². The maximum atomic E-state index is 13.2. The minimum atomic E-state index is -0.982. The molecule has 1 fully saturated rings. The summed E-state index contributed by atoms with van der Waals surface area (Å²) in [6, 6.07) is 3.81. The van der Waals surface area contributed by atoms with Crippen molar-refractivity contribution in [1.29, 1.82) is 0 Å². The van der Waals surface area contributed by atoms with Crippen molar-refractivity contribution >= 4 is 17.6 Å². The fourth-order valence-corrected chi connectivity index (χ4v) is 2.67. The van der Waals surface area contributed by atoms with Gasteiger partial charge in [-0.25, -0.2) is 4.39 Å². The van der Waals surface area contributed by atoms with Gasteiger partial charge in [-0.05, 0) is 24.5 Å². The summed E-state index contributed by atoms with van der Waals surface area (Å²) in [6.07, 6.45) is 0. The summed E-state index contributed by atoms with van der Waals surface area (Å²) >= 11 is 0. The van der Waals surface area contributed by atoms with Gasteiger partial charge in [-0.1, -0.05) is 13.8 Å². The van der Waals surface area contributed by atoms with Crippen molar-refractivity contribution < 1.29 is 23.8 Å². The molecule has 0 radical (unpaired) electrons. The quantitative estimate of drug-likeness (QED) is 0.875. The normalized spacial score (nSPS) is 22.5. The molecular weight excluding hydrogens is 277 g/mol. The molecule has 1 aromatic rings. The number of ether oxygens (including phenoxy) is 1. The van der Waals surface area contributed by atoms with Gasteiger partial charge in [0.2, 0.25) is 5.91 Å². The Bertz CT molecular complexity index is 585. The van der Waals surface area contributed by atoms with Crippen molar-refractivity contribution in [2.45, 2.75) is 20.8 Å². The lowest BCUT2D eigenvalue weighted by Crippen LogP contribution is -2.18. The van der Waals surface area contributed by atoms with Crippen molar-refractivity contribution in [1.82, 2.24) is 0 Å². The number of carbonyl (C=O) groups is 2. The monoisotopic (exact) mass is 295 g/mol. The molecule has 0 aliphatic heterocycles. The lowest BCUT2D eigenvalue weighted by atomic mass is 10.1. The maximum Gasteiger partial charge on any atom is 0.307 e. The van der Waals surface area contributed by atoms with Gasteiger partial charge in [-0.15, -0.1) is 0 Å². The van der Waals surface area contributed by atoms with Crippen LogP contribution in [0.15, 0.2) is 18.2 Å². The maximum absolute atomic E-state index is 13.2. The van der Waals surface area contributed by atoms with Crippen LogP contribution in [0.5, 0.6) is 5.75 Å². The molecule has 1 aliphatic carbocycles. The van der Waals surface area contributed by atoms with Crippen LogP contribution in [0.3, 0.4) is 0 Å². The van der Waals surface area contributed by atoms with E-state index in [1.807, 2.05) is 0 Å². The van der Waals surface area contributed by atoms with Gasteiger partial charge >= 0.3 is 5.97 Å². The van der Waals surface area contributed by atoms with E-state index in [-0.39, 0.29) is 11.7 Å². The molecule has 1 aliphatic rings. The average Bonchev–Trinajstić information content (AvgIpc) is 2.96. The van der Waals surface area contributed by atoms with E-state index in [9.17, 15) is 14.0 Å². The summed E-state index contributed by atoms with van der Waals surface area (Å²) in [5.41, 5.74) is -0.239. The summed E-state index contributed by atoms with van der Waals surface area (Å²) in [6.45, 7) is 5.56. The SMILES string of the molecule is CCOc1cc(F)ccc1NC(=O)[C@H]1[C@@H](C(=O)O)C1(C)C. The summed E-state index contributed by atoms with van der Waals surface area (Å²) in [5.74, 6) is -2.91. The van der Waals surface area contributed by atoms with E-state index < -0.39 is 29.0 Å². The van der Waals surface area contributed by atoms with Crippen LogP contribution in [-0.2, 0) is 9.59 Å². The van der Waals surface area contributed by atoms with Crippen LogP contribution >= 0.6 is 0 Å². The molecule has 2 rings (SSSR count). The van der Waals surface area contributed by atoms with E-state index in [1.54, 1.807) is 20.8 Å². The first kappa shape index (κ1) is 15.3. The number of rotatable bonds is 5. The smallest absolute Gasteiger partial charge is 0.307 e. The highest BCUT2D eigenvalue weighted by molar-refractivity contribution is 6.00. The largest absolute Gasteiger partial charge is 0.492 e. The zero-order valence-corrected chi connectivity index (χ0v) is 12.1. The second kappa shape index (κ2) is 5.35. The Kier molecular flexibility index (Phi) is 3.89. The number of hydrogen-bond acceptors (Lipinski definition) is 3. The van der Waals surface area contributed by atoms with Crippen LogP contribution in [0.1, 0.15) is 20.8 Å². The van der Waals surface area contributed by atoms with Gasteiger partial charge in [0, 0.05) is 6.07 Å². The number of benzene rings is 1. The summed E-state index contributed by atoms with van der Waals surface area (Å²) in [7, 11) is 0. The highest BCUT2D eigenvalue weighted by Crippen LogP contribution is 2.58. The molecular formula is C15H18FNO4. The summed E-state index contributed by atoms with van der Waals surface area (Å²) < 4.78 is 18.5. The van der Waals surface area contributed by atoms with Gasteiger partial charge < -0.3 is 15.2 Å². The number of halogens is 1. The zero-order valence-electron chi connectivity index (χ0n) is 12.1. The Labute approximate surface area is 122 Å². The molecule has 5 nitrogen and oxygen atoms in total. The Morgan fingerprint density at radius 2 is 2.05 bits per heavy atom. The number of carboxylic acid groups (broad SMARTS) is 1. The number of amides is 1. The van der Waals surface area contributed by atoms with E-state index in [4.69, 9.17) is 9.84 Å².